The molecule has 0 aliphatic carbocycles. The average Bonchev–Trinajstić information content (AvgIpc) is 2.75. The molecule has 0 bridgehead atoms. The first-order valence-corrected chi connectivity index (χ1v) is 6.34. The molecule has 6 heteroatoms. The van der Waals surface area contributed by atoms with E-state index in [0.29, 0.717) is 17.8 Å². The van der Waals surface area contributed by atoms with Crippen LogP contribution in [0.2, 0.25) is 0 Å². The Morgan fingerprint density at radius 2 is 2.22 bits per heavy atom. The molecule has 0 radical (unpaired) electrons. The Hall–Kier alpha value is -1.62. The summed E-state index contributed by atoms with van der Waals surface area (Å²) < 4.78 is 7.09. The second kappa shape index (κ2) is 5.82. The van der Waals surface area contributed by atoms with Crippen molar-refractivity contribution in [3.63, 3.8) is 0 Å². The molecule has 96 valence electrons. The summed E-state index contributed by atoms with van der Waals surface area (Å²) in [5, 5.41) is 4.05. The molecule has 18 heavy (non-hydrogen) atoms. The number of halogens is 1. The molecule has 0 atom stereocenters. The van der Waals surface area contributed by atoms with Crippen LogP contribution < -0.4 is 4.74 Å². The van der Waals surface area contributed by atoms with Gasteiger partial charge < -0.3 is 4.74 Å². The highest BCUT2D eigenvalue weighted by molar-refractivity contribution is 6.17. The van der Waals surface area contributed by atoms with Crippen LogP contribution in [0.4, 0.5) is 0 Å². The van der Waals surface area contributed by atoms with E-state index in [9.17, 15) is 0 Å². The lowest BCUT2D eigenvalue weighted by atomic mass is 10.2. The first kappa shape index (κ1) is 12.8. The van der Waals surface area contributed by atoms with Gasteiger partial charge in [0.15, 0.2) is 0 Å². The van der Waals surface area contributed by atoms with Crippen LogP contribution in [0.15, 0.2) is 18.5 Å². The fourth-order valence-corrected chi connectivity index (χ4v) is 1.75. The number of hydrogen-bond donors (Lipinski definition) is 0. The molecule has 0 fully saturated rings. The molecule has 0 saturated carbocycles. The fraction of sp³-hybridized carbons (Fsp3) is 0.417. The number of aromatic nitrogens is 4. The summed E-state index contributed by atoms with van der Waals surface area (Å²) in [7, 11) is 1.78. The number of alkyl halides is 1. The van der Waals surface area contributed by atoms with Crippen LogP contribution in [0.1, 0.15) is 24.6 Å². The van der Waals surface area contributed by atoms with Gasteiger partial charge >= 0.3 is 6.01 Å². The van der Waals surface area contributed by atoms with E-state index in [-0.39, 0.29) is 0 Å². The Morgan fingerprint density at radius 1 is 1.39 bits per heavy atom. The summed E-state index contributed by atoms with van der Waals surface area (Å²) in [6.07, 6.45) is 3.50. The standard InChI is InChI=1S/C12H15ClN4O/c1-3-4-10-5-9(7-13)6-11(15-10)18-12-14-8-17(2)16-12/h5-6,8H,3-4,7H2,1-2H3. The zero-order chi connectivity index (χ0) is 13.0. The van der Waals surface area contributed by atoms with Crippen molar-refractivity contribution in [2.75, 3.05) is 0 Å². The SMILES string of the molecule is CCCc1cc(CCl)cc(Oc2ncn(C)n2)n1. The van der Waals surface area contributed by atoms with Crippen LogP contribution >= 0.6 is 11.6 Å². The number of aryl methyl sites for hydroxylation is 2. The Morgan fingerprint density at radius 3 is 2.83 bits per heavy atom. The molecule has 5 nitrogen and oxygen atoms in total. The van der Waals surface area contributed by atoms with Crippen molar-refractivity contribution in [3.8, 4) is 11.9 Å². The molecule has 0 spiro atoms. The topological polar surface area (TPSA) is 52.8 Å². The van der Waals surface area contributed by atoms with E-state index in [0.717, 1.165) is 24.1 Å². The van der Waals surface area contributed by atoms with Crippen molar-refractivity contribution in [1.29, 1.82) is 0 Å². The van der Waals surface area contributed by atoms with Gasteiger partial charge in [0.1, 0.15) is 6.33 Å². The average molecular weight is 267 g/mol. The van der Waals surface area contributed by atoms with E-state index in [1.165, 1.54) is 0 Å². The number of nitrogens with zero attached hydrogens (tertiary/aromatic N) is 4. The molecule has 2 heterocycles. The van der Waals surface area contributed by atoms with Gasteiger partial charge in [0.25, 0.3) is 0 Å². The van der Waals surface area contributed by atoms with Crippen LogP contribution in [0.25, 0.3) is 0 Å². The zero-order valence-electron chi connectivity index (χ0n) is 10.4. The minimum atomic E-state index is 0.291. The third kappa shape index (κ3) is 3.20. The van der Waals surface area contributed by atoms with Crippen LogP contribution in [0.5, 0.6) is 11.9 Å². The first-order valence-electron chi connectivity index (χ1n) is 5.80. The van der Waals surface area contributed by atoms with Gasteiger partial charge in [-0.1, -0.05) is 13.3 Å². The minimum Gasteiger partial charge on any atom is -0.404 e. The third-order valence-electron chi connectivity index (χ3n) is 2.35. The summed E-state index contributed by atoms with van der Waals surface area (Å²) in [5.74, 6) is 0.924. The van der Waals surface area contributed by atoms with Gasteiger partial charge in [-0.05, 0) is 18.1 Å². The highest BCUT2D eigenvalue weighted by Crippen LogP contribution is 2.19. The summed E-state index contributed by atoms with van der Waals surface area (Å²) in [4.78, 5) is 8.40. The van der Waals surface area contributed by atoms with Crippen LogP contribution in [-0.2, 0) is 19.3 Å². The summed E-state index contributed by atoms with van der Waals surface area (Å²) in [6, 6.07) is 4.09. The first-order chi connectivity index (χ1) is 8.71. The molecule has 0 unspecified atom stereocenters. The van der Waals surface area contributed by atoms with Crippen molar-refractivity contribution < 1.29 is 4.74 Å². The monoisotopic (exact) mass is 266 g/mol. The van der Waals surface area contributed by atoms with Gasteiger partial charge in [-0.25, -0.2) is 4.98 Å². The van der Waals surface area contributed by atoms with E-state index in [1.54, 1.807) is 18.1 Å². The molecule has 0 aromatic carbocycles. The predicted molar refractivity (Wildman–Crippen MR) is 68.9 cm³/mol. The van der Waals surface area contributed by atoms with Gasteiger partial charge in [-0.15, -0.1) is 16.7 Å². The molecule has 2 aromatic heterocycles. The van der Waals surface area contributed by atoms with Crippen molar-refractivity contribution >= 4 is 11.6 Å². The van der Waals surface area contributed by atoms with Gasteiger partial charge in [-0.2, -0.15) is 4.98 Å². The maximum Gasteiger partial charge on any atom is 0.342 e. The summed E-state index contributed by atoms with van der Waals surface area (Å²) in [6.45, 7) is 2.11. The maximum absolute atomic E-state index is 5.86. The second-order valence-electron chi connectivity index (χ2n) is 3.99. The Bertz CT molecular complexity index is 527. The molecule has 0 aliphatic heterocycles. The Kier molecular flexibility index (Phi) is 4.15. The largest absolute Gasteiger partial charge is 0.404 e. The van der Waals surface area contributed by atoms with Gasteiger partial charge in [0, 0.05) is 24.7 Å². The highest BCUT2D eigenvalue weighted by atomic mass is 35.5. The normalized spacial score (nSPS) is 10.6. The molecule has 0 aliphatic rings. The van der Waals surface area contributed by atoms with Crippen LogP contribution in [0.3, 0.4) is 0 Å². The number of rotatable bonds is 5. The zero-order valence-corrected chi connectivity index (χ0v) is 11.2. The lowest BCUT2D eigenvalue weighted by Gasteiger charge is -2.06. The summed E-state index contributed by atoms with van der Waals surface area (Å²) in [5.41, 5.74) is 1.96. The summed E-state index contributed by atoms with van der Waals surface area (Å²) >= 11 is 5.86. The van der Waals surface area contributed by atoms with E-state index in [1.807, 2.05) is 12.1 Å². The van der Waals surface area contributed by atoms with Crippen molar-refractivity contribution in [3.05, 3.63) is 29.7 Å². The van der Waals surface area contributed by atoms with E-state index in [4.69, 9.17) is 16.3 Å². The molecular formula is C12H15ClN4O. The highest BCUT2D eigenvalue weighted by Gasteiger charge is 2.07. The lowest BCUT2D eigenvalue weighted by Crippen LogP contribution is -1.97. The molecular weight excluding hydrogens is 252 g/mol. The smallest absolute Gasteiger partial charge is 0.342 e. The van der Waals surface area contributed by atoms with Crippen molar-refractivity contribution in [2.24, 2.45) is 7.05 Å². The van der Waals surface area contributed by atoms with Crippen molar-refractivity contribution in [2.45, 2.75) is 25.6 Å². The van der Waals surface area contributed by atoms with Crippen LogP contribution in [0, 0.1) is 0 Å². The van der Waals surface area contributed by atoms with E-state index in [2.05, 4.69) is 22.0 Å². The second-order valence-corrected chi connectivity index (χ2v) is 4.26. The molecule has 0 amide bonds. The maximum atomic E-state index is 5.86. The Labute approximate surface area is 111 Å². The Balaban J connectivity index is 2.23. The number of pyridine rings is 1. The lowest BCUT2D eigenvalue weighted by molar-refractivity contribution is 0.420. The number of ether oxygens (including phenoxy) is 1. The molecule has 2 aromatic rings. The minimum absolute atomic E-state index is 0.291. The van der Waals surface area contributed by atoms with Crippen LogP contribution in [-0.4, -0.2) is 19.7 Å². The molecule has 0 N–H and O–H groups in total. The van der Waals surface area contributed by atoms with Gasteiger partial charge in [0.05, 0.1) is 0 Å². The fourth-order valence-electron chi connectivity index (χ4n) is 1.59. The van der Waals surface area contributed by atoms with Crippen molar-refractivity contribution in [1.82, 2.24) is 19.7 Å². The van der Waals surface area contributed by atoms with Gasteiger partial charge in [0.2, 0.25) is 5.88 Å². The molecule has 2 rings (SSSR count). The quantitative estimate of drug-likeness (QED) is 0.781. The van der Waals surface area contributed by atoms with E-state index >= 15 is 0 Å². The van der Waals surface area contributed by atoms with E-state index < -0.39 is 0 Å². The van der Waals surface area contributed by atoms with Gasteiger partial charge in [-0.3, -0.25) is 4.68 Å². The number of hydrogen-bond acceptors (Lipinski definition) is 4. The predicted octanol–water partition coefficient (Wildman–Crippen LogP) is 2.69. The molecule has 0 saturated heterocycles. The third-order valence-corrected chi connectivity index (χ3v) is 2.66.